The van der Waals surface area contributed by atoms with Crippen LogP contribution < -0.4 is 5.63 Å². The maximum Gasteiger partial charge on any atom is 0.346 e. The number of unbranched alkanes of at least 4 members (excludes halogenated alkanes) is 8. The predicted octanol–water partition coefficient (Wildman–Crippen LogP) is 9.74. The monoisotopic (exact) mass is 488 g/mol. The summed E-state index contributed by atoms with van der Waals surface area (Å²) in [7, 11) is 0. The number of fused-ring (bicyclic) bond motifs is 1. The Hall–Kier alpha value is -2.94. The molecular weight excluding hydrogens is 447 g/mol. The highest BCUT2D eigenvalue weighted by Gasteiger charge is 2.15. The Morgan fingerprint density at radius 3 is 2.25 bits per heavy atom. The zero-order valence-electron chi connectivity index (χ0n) is 21.9. The molecule has 0 atom stereocenters. The summed E-state index contributed by atoms with van der Waals surface area (Å²) in [6, 6.07) is 13.4. The zero-order valence-corrected chi connectivity index (χ0v) is 21.9. The van der Waals surface area contributed by atoms with Crippen molar-refractivity contribution in [2.75, 3.05) is 0 Å². The molecular formula is C33H41FO2. The summed E-state index contributed by atoms with van der Waals surface area (Å²) in [5.41, 5.74) is 1.82. The highest BCUT2D eigenvalue weighted by molar-refractivity contribution is 5.87. The van der Waals surface area contributed by atoms with Crippen LogP contribution in [0.2, 0.25) is 0 Å². The molecule has 0 aliphatic carbocycles. The van der Waals surface area contributed by atoms with Gasteiger partial charge in [0.15, 0.2) is 0 Å². The molecule has 0 aliphatic rings. The molecule has 3 rings (SSSR count). The molecule has 0 spiro atoms. The minimum absolute atomic E-state index is 0.0425. The number of allylic oxidation sites excluding steroid dienone is 3. The zero-order chi connectivity index (χ0) is 25.6. The Morgan fingerprint density at radius 2 is 1.53 bits per heavy atom. The first-order chi connectivity index (χ1) is 17.6. The lowest BCUT2D eigenvalue weighted by Gasteiger charge is -2.09. The van der Waals surface area contributed by atoms with E-state index in [0.717, 1.165) is 44.1 Å². The van der Waals surface area contributed by atoms with Crippen molar-refractivity contribution in [3.63, 3.8) is 0 Å². The highest BCUT2D eigenvalue weighted by Crippen LogP contribution is 2.28. The van der Waals surface area contributed by atoms with Crippen molar-refractivity contribution in [2.45, 2.75) is 90.4 Å². The van der Waals surface area contributed by atoms with Gasteiger partial charge in [-0.3, -0.25) is 0 Å². The molecule has 36 heavy (non-hydrogen) atoms. The van der Waals surface area contributed by atoms with E-state index in [1.54, 1.807) is 6.07 Å². The number of hydrogen-bond acceptors (Lipinski definition) is 2. The normalized spacial score (nSPS) is 11.5. The SMILES string of the molecule is C=CCC/C=C/CCc1ccc(-c2ccc3cc(CCCCCCCCCC)oc(=O)c3c2F)cc1. The van der Waals surface area contributed by atoms with Gasteiger partial charge in [-0.2, -0.15) is 0 Å². The second kappa shape index (κ2) is 15.2. The van der Waals surface area contributed by atoms with Crippen LogP contribution in [0.25, 0.3) is 21.9 Å². The van der Waals surface area contributed by atoms with Gasteiger partial charge in [-0.15, -0.1) is 6.58 Å². The second-order valence-corrected chi connectivity index (χ2v) is 9.69. The molecule has 1 heterocycles. The van der Waals surface area contributed by atoms with Crippen molar-refractivity contribution in [3.8, 4) is 11.1 Å². The van der Waals surface area contributed by atoms with Gasteiger partial charge in [-0.05, 0) is 54.7 Å². The second-order valence-electron chi connectivity index (χ2n) is 9.69. The summed E-state index contributed by atoms with van der Waals surface area (Å²) >= 11 is 0. The lowest BCUT2D eigenvalue weighted by molar-refractivity contribution is 0.452. The van der Waals surface area contributed by atoms with Crippen molar-refractivity contribution >= 4 is 10.8 Å². The fraction of sp³-hybridized carbons (Fsp3) is 0.424. The van der Waals surface area contributed by atoms with Gasteiger partial charge in [0.25, 0.3) is 0 Å². The minimum Gasteiger partial charge on any atom is -0.427 e. The van der Waals surface area contributed by atoms with Crippen molar-refractivity contribution < 1.29 is 8.81 Å². The van der Waals surface area contributed by atoms with E-state index in [4.69, 9.17) is 4.42 Å². The smallest absolute Gasteiger partial charge is 0.346 e. The molecule has 0 amide bonds. The third-order valence-corrected chi connectivity index (χ3v) is 6.76. The largest absolute Gasteiger partial charge is 0.427 e. The van der Waals surface area contributed by atoms with E-state index in [1.165, 1.54) is 44.1 Å². The van der Waals surface area contributed by atoms with Crippen molar-refractivity contribution in [1.29, 1.82) is 0 Å². The first-order valence-corrected chi connectivity index (χ1v) is 13.7. The fourth-order valence-electron chi connectivity index (χ4n) is 4.62. The van der Waals surface area contributed by atoms with Crippen LogP contribution >= 0.6 is 0 Å². The third kappa shape index (κ3) is 8.33. The summed E-state index contributed by atoms with van der Waals surface area (Å²) < 4.78 is 20.9. The fourth-order valence-corrected chi connectivity index (χ4v) is 4.62. The molecule has 1 aromatic heterocycles. The molecule has 0 N–H and O–H groups in total. The van der Waals surface area contributed by atoms with Gasteiger partial charge in [-0.25, -0.2) is 9.18 Å². The molecule has 0 saturated heterocycles. The van der Waals surface area contributed by atoms with E-state index in [9.17, 15) is 4.79 Å². The van der Waals surface area contributed by atoms with Crippen LogP contribution in [0, 0.1) is 5.82 Å². The summed E-state index contributed by atoms with van der Waals surface area (Å²) in [4.78, 5) is 12.7. The molecule has 0 saturated carbocycles. The van der Waals surface area contributed by atoms with E-state index >= 15 is 4.39 Å². The molecule has 192 valence electrons. The third-order valence-electron chi connectivity index (χ3n) is 6.76. The molecule has 0 radical (unpaired) electrons. The van der Waals surface area contributed by atoms with Crippen LogP contribution in [-0.4, -0.2) is 0 Å². The minimum atomic E-state index is -0.582. The standard InChI is InChI=1S/C33H41FO2/c1-3-5-7-9-11-12-14-16-18-29-25-28-23-24-30(32(34)31(28)33(35)36-29)27-21-19-26(20-22-27)17-15-13-10-8-6-4-2/h4,10,13,19-25H,2-3,5-9,11-12,14-18H2,1H3/b13-10+. The van der Waals surface area contributed by atoms with E-state index in [-0.39, 0.29) is 5.39 Å². The first-order valence-electron chi connectivity index (χ1n) is 13.7. The molecule has 3 heteroatoms. The van der Waals surface area contributed by atoms with Crippen molar-refractivity contribution in [1.82, 2.24) is 0 Å². The topological polar surface area (TPSA) is 30.2 Å². The molecule has 0 bridgehead atoms. The van der Waals surface area contributed by atoms with Gasteiger partial charge < -0.3 is 4.42 Å². The number of aryl methyl sites for hydroxylation is 2. The van der Waals surface area contributed by atoms with Crippen LogP contribution in [0.5, 0.6) is 0 Å². The Kier molecular flexibility index (Phi) is 11.7. The van der Waals surface area contributed by atoms with Gasteiger partial charge in [0.05, 0.1) is 0 Å². The van der Waals surface area contributed by atoms with Gasteiger partial charge >= 0.3 is 5.63 Å². The molecule has 0 unspecified atom stereocenters. The maximum absolute atomic E-state index is 15.4. The quantitative estimate of drug-likeness (QED) is 0.148. The molecule has 0 aliphatic heterocycles. The van der Waals surface area contributed by atoms with E-state index in [0.29, 0.717) is 23.1 Å². The maximum atomic E-state index is 15.4. The Balaban J connectivity index is 1.60. The van der Waals surface area contributed by atoms with Gasteiger partial charge in [0.1, 0.15) is 17.0 Å². The molecule has 0 fully saturated rings. The van der Waals surface area contributed by atoms with E-state index in [2.05, 4.69) is 25.7 Å². The molecule has 3 aromatic rings. The van der Waals surface area contributed by atoms with Crippen LogP contribution in [-0.2, 0) is 12.8 Å². The van der Waals surface area contributed by atoms with Gasteiger partial charge in [-0.1, -0.05) is 106 Å². The summed E-state index contributed by atoms with van der Waals surface area (Å²) in [6.07, 6.45) is 20.8. The summed E-state index contributed by atoms with van der Waals surface area (Å²) in [6.45, 7) is 5.96. The van der Waals surface area contributed by atoms with Crippen LogP contribution in [0.15, 0.2) is 76.5 Å². The first kappa shape index (κ1) is 27.6. The number of hydrogen-bond donors (Lipinski definition) is 0. The van der Waals surface area contributed by atoms with Gasteiger partial charge in [0.2, 0.25) is 0 Å². The van der Waals surface area contributed by atoms with Crippen molar-refractivity contribution in [3.05, 3.63) is 94.8 Å². The predicted molar refractivity (Wildman–Crippen MR) is 151 cm³/mol. The Labute approximate surface area is 215 Å². The average molecular weight is 489 g/mol. The van der Waals surface area contributed by atoms with Crippen LogP contribution in [0.1, 0.15) is 88.9 Å². The van der Waals surface area contributed by atoms with Crippen LogP contribution in [0.3, 0.4) is 0 Å². The Morgan fingerprint density at radius 1 is 0.833 bits per heavy atom. The lowest BCUT2D eigenvalue weighted by Crippen LogP contribution is -2.05. The Bertz CT molecular complexity index is 1170. The number of benzene rings is 2. The average Bonchev–Trinajstić information content (AvgIpc) is 2.88. The number of halogens is 1. The highest BCUT2D eigenvalue weighted by atomic mass is 19.1. The van der Waals surface area contributed by atoms with Crippen molar-refractivity contribution in [2.24, 2.45) is 0 Å². The van der Waals surface area contributed by atoms with E-state index < -0.39 is 11.4 Å². The van der Waals surface area contributed by atoms with Crippen LogP contribution in [0.4, 0.5) is 4.39 Å². The van der Waals surface area contributed by atoms with Gasteiger partial charge in [0, 0.05) is 12.0 Å². The summed E-state index contributed by atoms with van der Waals surface area (Å²) in [5, 5.41) is 0.655. The lowest BCUT2D eigenvalue weighted by atomic mass is 9.98. The molecule has 2 nitrogen and oxygen atoms in total. The number of rotatable bonds is 16. The van der Waals surface area contributed by atoms with E-state index in [1.807, 2.05) is 42.5 Å². The summed E-state index contributed by atoms with van der Waals surface area (Å²) in [5.74, 6) is 0.145. The molecule has 2 aromatic carbocycles.